The number of amides is 1. The van der Waals surface area contributed by atoms with E-state index in [1.165, 1.54) is 21.3 Å². The van der Waals surface area contributed by atoms with E-state index in [4.69, 9.17) is 9.47 Å². The van der Waals surface area contributed by atoms with E-state index in [1.807, 2.05) is 6.07 Å². The van der Waals surface area contributed by atoms with Crippen LogP contribution in [0.15, 0.2) is 30.3 Å². The molecule has 0 saturated carbocycles. The molecule has 132 valence electrons. The smallest absolute Gasteiger partial charge is 0.328 e. The minimum Gasteiger partial charge on any atom is -0.469 e. The van der Waals surface area contributed by atoms with E-state index in [2.05, 4.69) is 10.1 Å². The van der Waals surface area contributed by atoms with Gasteiger partial charge in [0.15, 0.2) is 6.10 Å². The first-order valence-corrected chi connectivity index (χ1v) is 7.47. The molecule has 0 spiro atoms. The van der Waals surface area contributed by atoms with Gasteiger partial charge in [0.1, 0.15) is 6.04 Å². The summed E-state index contributed by atoms with van der Waals surface area (Å²) >= 11 is 0. The number of ether oxygens (including phenoxy) is 3. The Morgan fingerprint density at radius 3 is 2.17 bits per heavy atom. The molecule has 0 aliphatic carbocycles. The number of rotatable bonds is 8. The molecule has 1 aromatic rings. The molecular formula is C17H23NO6. The van der Waals surface area contributed by atoms with E-state index in [0.717, 1.165) is 0 Å². The molecule has 0 heterocycles. The summed E-state index contributed by atoms with van der Waals surface area (Å²) in [5.74, 6) is -2.10. The van der Waals surface area contributed by atoms with Crippen molar-refractivity contribution >= 4 is 17.8 Å². The lowest BCUT2D eigenvalue weighted by atomic mass is 9.97. The second-order valence-electron chi connectivity index (χ2n) is 5.29. The normalized spacial score (nSPS) is 14.2. The second kappa shape index (κ2) is 9.67. The summed E-state index contributed by atoms with van der Waals surface area (Å²) < 4.78 is 14.6. The largest absolute Gasteiger partial charge is 0.469 e. The Hall–Kier alpha value is -2.41. The predicted octanol–water partition coefficient (Wildman–Crippen LogP) is 1.23. The van der Waals surface area contributed by atoms with Crippen LogP contribution in [0, 0.1) is 5.92 Å². The second-order valence-corrected chi connectivity index (χ2v) is 5.29. The zero-order chi connectivity index (χ0) is 18.1. The number of benzene rings is 1. The van der Waals surface area contributed by atoms with Crippen molar-refractivity contribution in [2.75, 3.05) is 21.3 Å². The third-order valence-electron chi connectivity index (χ3n) is 3.61. The number of hydrogen-bond acceptors (Lipinski definition) is 6. The Balaban J connectivity index is 2.90. The highest BCUT2D eigenvalue weighted by Gasteiger charge is 2.32. The van der Waals surface area contributed by atoms with Crippen LogP contribution < -0.4 is 5.32 Å². The van der Waals surface area contributed by atoms with Crippen molar-refractivity contribution < 1.29 is 28.6 Å². The van der Waals surface area contributed by atoms with Crippen LogP contribution >= 0.6 is 0 Å². The maximum atomic E-state index is 12.5. The lowest BCUT2D eigenvalue weighted by Crippen LogP contribution is -2.48. The summed E-state index contributed by atoms with van der Waals surface area (Å²) in [5.41, 5.74) is 0.654. The Morgan fingerprint density at radius 2 is 1.67 bits per heavy atom. The van der Waals surface area contributed by atoms with Gasteiger partial charge in [0.2, 0.25) is 0 Å². The van der Waals surface area contributed by atoms with E-state index in [1.54, 1.807) is 31.2 Å². The summed E-state index contributed by atoms with van der Waals surface area (Å²) in [4.78, 5) is 35.9. The van der Waals surface area contributed by atoms with Gasteiger partial charge in [-0.05, 0) is 11.5 Å². The van der Waals surface area contributed by atoms with E-state index in [9.17, 15) is 14.4 Å². The van der Waals surface area contributed by atoms with E-state index in [-0.39, 0.29) is 6.42 Å². The van der Waals surface area contributed by atoms with Crippen molar-refractivity contribution in [1.29, 1.82) is 0 Å². The quantitative estimate of drug-likeness (QED) is 0.718. The molecule has 0 saturated heterocycles. The topological polar surface area (TPSA) is 90.9 Å². The molecule has 1 rings (SSSR count). The van der Waals surface area contributed by atoms with Crippen LogP contribution in [0.2, 0.25) is 0 Å². The first kappa shape index (κ1) is 19.6. The van der Waals surface area contributed by atoms with Gasteiger partial charge in [-0.1, -0.05) is 37.3 Å². The van der Waals surface area contributed by atoms with Gasteiger partial charge >= 0.3 is 11.9 Å². The van der Waals surface area contributed by atoms with Gasteiger partial charge in [0.05, 0.1) is 20.6 Å². The van der Waals surface area contributed by atoms with E-state index >= 15 is 0 Å². The standard InChI is InChI=1S/C17H23NO6/c1-11(10-13(19)22-2)14(17(21)24-4)18-16(20)15(23-3)12-8-6-5-7-9-12/h5-9,11,14-15H,10H2,1-4H3,(H,18,20)/t11-,14+,15+/m1/s1. The first-order valence-electron chi connectivity index (χ1n) is 7.47. The highest BCUT2D eigenvalue weighted by molar-refractivity contribution is 5.88. The molecule has 0 aromatic heterocycles. The average Bonchev–Trinajstić information content (AvgIpc) is 2.60. The molecule has 1 N–H and O–H groups in total. The number of nitrogens with one attached hydrogen (secondary N) is 1. The molecule has 0 unspecified atom stereocenters. The number of methoxy groups -OCH3 is 3. The monoisotopic (exact) mass is 337 g/mol. The molecule has 0 aliphatic heterocycles. The zero-order valence-corrected chi connectivity index (χ0v) is 14.3. The zero-order valence-electron chi connectivity index (χ0n) is 14.3. The minimum absolute atomic E-state index is 0.0282. The Bertz CT molecular complexity index is 559. The van der Waals surface area contributed by atoms with Crippen molar-refractivity contribution in [3.8, 4) is 0 Å². The Kier molecular flexibility index (Phi) is 7.91. The molecule has 7 nitrogen and oxygen atoms in total. The van der Waals surface area contributed by atoms with Crippen molar-refractivity contribution in [3.05, 3.63) is 35.9 Å². The fourth-order valence-electron chi connectivity index (χ4n) is 2.28. The highest BCUT2D eigenvalue weighted by Crippen LogP contribution is 2.18. The molecule has 0 radical (unpaired) electrons. The SMILES string of the molecule is COC(=O)C[C@@H](C)[C@H](NC(=O)[C@@H](OC)c1ccccc1)C(=O)OC. The van der Waals surface area contributed by atoms with Gasteiger partial charge in [-0.2, -0.15) is 0 Å². The van der Waals surface area contributed by atoms with Crippen molar-refractivity contribution in [2.24, 2.45) is 5.92 Å². The number of hydrogen-bond donors (Lipinski definition) is 1. The molecule has 1 aromatic carbocycles. The van der Waals surface area contributed by atoms with Crippen LogP contribution in [-0.2, 0) is 28.6 Å². The lowest BCUT2D eigenvalue weighted by molar-refractivity contribution is -0.150. The summed E-state index contributed by atoms with van der Waals surface area (Å²) in [6.45, 7) is 1.66. The summed E-state index contributed by atoms with van der Waals surface area (Å²) in [6, 6.07) is 7.91. The van der Waals surface area contributed by atoms with Crippen LogP contribution in [0.3, 0.4) is 0 Å². The van der Waals surface area contributed by atoms with Crippen molar-refractivity contribution in [2.45, 2.75) is 25.5 Å². The maximum Gasteiger partial charge on any atom is 0.328 e. The molecule has 1 amide bonds. The molecule has 0 bridgehead atoms. The fraction of sp³-hybridized carbons (Fsp3) is 0.471. The van der Waals surface area contributed by atoms with Gasteiger partial charge in [-0.15, -0.1) is 0 Å². The van der Waals surface area contributed by atoms with Crippen LogP contribution in [-0.4, -0.2) is 45.2 Å². The summed E-state index contributed by atoms with van der Waals surface area (Å²) in [5, 5.41) is 2.60. The van der Waals surface area contributed by atoms with Gasteiger partial charge < -0.3 is 19.5 Å². The third kappa shape index (κ3) is 5.34. The van der Waals surface area contributed by atoms with E-state index < -0.39 is 35.9 Å². The highest BCUT2D eigenvalue weighted by atomic mass is 16.5. The first-order chi connectivity index (χ1) is 11.4. The number of esters is 2. The van der Waals surface area contributed by atoms with Crippen LogP contribution in [0.4, 0.5) is 0 Å². The van der Waals surface area contributed by atoms with E-state index in [0.29, 0.717) is 5.56 Å². The lowest BCUT2D eigenvalue weighted by Gasteiger charge is -2.24. The van der Waals surface area contributed by atoms with Crippen LogP contribution in [0.5, 0.6) is 0 Å². The predicted molar refractivity (Wildman–Crippen MR) is 85.9 cm³/mol. The Morgan fingerprint density at radius 1 is 1.04 bits per heavy atom. The minimum atomic E-state index is -0.983. The molecule has 0 fully saturated rings. The number of carbonyl (C=O) groups is 3. The maximum absolute atomic E-state index is 12.5. The average molecular weight is 337 g/mol. The molecule has 7 heteroatoms. The number of carbonyl (C=O) groups excluding carboxylic acids is 3. The molecule has 24 heavy (non-hydrogen) atoms. The molecule has 3 atom stereocenters. The van der Waals surface area contributed by atoms with Crippen LogP contribution in [0.1, 0.15) is 25.0 Å². The van der Waals surface area contributed by atoms with Crippen LogP contribution in [0.25, 0.3) is 0 Å². The van der Waals surface area contributed by atoms with Gasteiger partial charge in [0.25, 0.3) is 5.91 Å². The summed E-state index contributed by atoms with van der Waals surface area (Å²) in [6.07, 6.45) is -0.900. The van der Waals surface area contributed by atoms with Gasteiger partial charge in [0, 0.05) is 7.11 Å². The Labute approximate surface area is 141 Å². The molecular weight excluding hydrogens is 314 g/mol. The van der Waals surface area contributed by atoms with Gasteiger partial charge in [-0.25, -0.2) is 4.79 Å². The van der Waals surface area contributed by atoms with Crippen molar-refractivity contribution in [1.82, 2.24) is 5.32 Å². The summed E-state index contributed by atoms with van der Waals surface area (Å²) in [7, 11) is 3.89. The van der Waals surface area contributed by atoms with Gasteiger partial charge in [-0.3, -0.25) is 9.59 Å². The fourth-order valence-corrected chi connectivity index (χ4v) is 2.28. The molecule has 0 aliphatic rings. The third-order valence-corrected chi connectivity index (χ3v) is 3.61. The van der Waals surface area contributed by atoms with Crippen molar-refractivity contribution in [3.63, 3.8) is 0 Å².